The van der Waals surface area contributed by atoms with Crippen molar-refractivity contribution in [1.29, 1.82) is 0 Å². The zero-order valence-corrected chi connectivity index (χ0v) is 11.6. The van der Waals surface area contributed by atoms with Gasteiger partial charge in [0.25, 0.3) is 11.6 Å². The summed E-state index contributed by atoms with van der Waals surface area (Å²) in [6, 6.07) is 9.17. The van der Waals surface area contributed by atoms with Crippen LogP contribution in [0.2, 0.25) is 0 Å². The van der Waals surface area contributed by atoms with Crippen LogP contribution in [-0.4, -0.2) is 15.9 Å². The molecule has 2 rings (SSSR count). The van der Waals surface area contributed by atoms with E-state index >= 15 is 0 Å². The second-order valence-corrected chi connectivity index (χ2v) is 4.63. The molecule has 0 aliphatic heterocycles. The van der Waals surface area contributed by atoms with Gasteiger partial charge in [0.1, 0.15) is 11.3 Å². The number of nitro groups is 1. The Kier molecular flexibility index (Phi) is 3.89. The van der Waals surface area contributed by atoms with Crippen molar-refractivity contribution in [3.8, 4) is 5.75 Å². The van der Waals surface area contributed by atoms with E-state index in [4.69, 9.17) is 0 Å². The van der Waals surface area contributed by atoms with E-state index in [0.717, 1.165) is 0 Å². The quantitative estimate of drug-likeness (QED) is 0.669. The number of phenolic OH excluding ortho intramolecular Hbond substituents is 1. The van der Waals surface area contributed by atoms with Crippen LogP contribution in [0.4, 0.5) is 11.4 Å². The minimum absolute atomic E-state index is 0.0187. The largest absolute Gasteiger partial charge is 0.508 e. The number of amides is 1. The number of aryl methyl sites for hydroxylation is 1. The summed E-state index contributed by atoms with van der Waals surface area (Å²) in [5, 5.41) is 23.3. The Morgan fingerprint density at radius 2 is 1.86 bits per heavy atom. The van der Waals surface area contributed by atoms with Crippen molar-refractivity contribution in [2.45, 2.75) is 13.8 Å². The summed E-state index contributed by atoms with van der Waals surface area (Å²) in [6.07, 6.45) is 0. The van der Waals surface area contributed by atoms with Crippen LogP contribution in [-0.2, 0) is 0 Å². The van der Waals surface area contributed by atoms with E-state index in [9.17, 15) is 20.0 Å². The first kappa shape index (κ1) is 14.5. The fourth-order valence-corrected chi connectivity index (χ4v) is 2.04. The average molecular weight is 286 g/mol. The summed E-state index contributed by atoms with van der Waals surface area (Å²) >= 11 is 0. The smallest absolute Gasteiger partial charge is 0.282 e. The molecule has 0 radical (unpaired) electrons. The van der Waals surface area contributed by atoms with Crippen LogP contribution in [0.1, 0.15) is 21.5 Å². The Balaban J connectivity index is 2.42. The lowest BCUT2D eigenvalue weighted by atomic mass is 10.1. The van der Waals surface area contributed by atoms with Crippen LogP contribution in [0, 0.1) is 24.0 Å². The summed E-state index contributed by atoms with van der Waals surface area (Å²) in [7, 11) is 0. The number of hydrogen-bond acceptors (Lipinski definition) is 4. The molecule has 0 aliphatic rings. The van der Waals surface area contributed by atoms with Crippen molar-refractivity contribution in [2.24, 2.45) is 0 Å². The molecule has 6 heteroatoms. The predicted octanol–water partition coefficient (Wildman–Crippen LogP) is 3.17. The molecule has 0 bridgehead atoms. The lowest BCUT2D eigenvalue weighted by Crippen LogP contribution is -2.16. The molecule has 21 heavy (non-hydrogen) atoms. The number of nitro benzene ring substituents is 1. The summed E-state index contributed by atoms with van der Waals surface area (Å²) < 4.78 is 0. The lowest BCUT2D eigenvalue weighted by molar-refractivity contribution is -0.385. The SMILES string of the molecule is Cc1cccc([N+](=O)[O-])c1C(=O)Nc1cccc(O)c1C. The number of aromatic hydroxyl groups is 1. The van der Waals surface area contributed by atoms with Crippen LogP contribution < -0.4 is 5.32 Å². The highest BCUT2D eigenvalue weighted by molar-refractivity contribution is 6.08. The molecule has 2 aromatic rings. The highest BCUT2D eigenvalue weighted by Gasteiger charge is 2.22. The molecule has 2 N–H and O–H groups in total. The van der Waals surface area contributed by atoms with Crippen molar-refractivity contribution in [3.63, 3.8) is 0 Å². The number of carbonyl (C=O) groups excluding carboxylic acids is 1. The molecular formula is C15H14N2O4. The molecule has 1 amide bonds. The van der Waals surface area contributed by atoms with Gasteiger partial charge in [-0.15, -0.1) is 0 Å². The third-order valence-electron chi connectivity index (χ3n) is 3.23. The topological polar surface area (TPSA) is 92.5 Å². The number of nitrogens with one attached hydrogen (secondary N) is 1. The van der Waals surface area contributed by atoms with E-state index in [1.165, 1.54) is 18.2 Å². The standard InChI is InChI=1S/C15H14N2O4/c1-9-5-3-7-12(17(20)21)14(9)15(19)16-11-6-4-8-13(18)10(11)2/h3-8,18H,1-2H3,(H,16,19). The molecule has 0 saturated carbocycles. The van der Waals surface area contributed by atoms with Gasteiger partial charge in [0.15, 0.2) is 0 Å². The van der Waals surface area contributed by atoms with Gasteiger partial charge in [-0.3, -0.25) is 14.9 Å². The predicted molar refractivity (Wildman–Crippen MR) is 78.6 cm³/mol. The first-order valence-corrected chi connectivity index (χ1v) is 6.25. The van der Waals surface area contributed by atoms with Crippen LogP contribution in [0.15, 0.2) is 36.4 Å². The van der Waals surface area contributed by atoms with Gasteiger partial charge in [-0.1, -0.05) is 18.2 Å². The monoisotopic (exact) mass is 286 g/mol. The molecule has 0 saturated heterocycles. The maximum Gasteiger partial charge on any atom is 0.282 e. The minimum atomic E-state index is -0.586. The Bertz CT molecular complexity index is 726. The van der Waals surface area contributed by atoms with Crippen molar-refractivity contribution in [3.05, 3.63) is 63.2 Å². The fraction of sp³-hybridized carbons (Fsp3) is 0.133. The van der Waals surface area contributed by atoms with Gasteiger partial charge in [-0.2, -0.15) is 0 Å². The highest BCUT2D eigenvalue weighted by Crippen LogP contribution is 2.27. The van der Waals surface area contributed by atoms with E-state index in [2.05, 4.69) is 5.32 Å². The highest BCUT2D eigenvalue weighted by atomic mass is 16.6. The number of anilines is 1. The summed E-state index contributed by atoms with van der Waals surface area (Å²) in [5.74, 6) is -0.527. The zero-order chi connectivity index (χ0) is 15.6. The van der Waals surface area contributed by atoms with Gasteiger partial charge >= 0.3 is 0 Å². The number of nitrogens with zero attached hydrogens (tertiary/aromatic N) is 1. The number of hydrogen-bond donors (Lipinski definition) is 2. The zero-order valence-electron chi connectivity index (χ0n) is 11.6. The molecule has 0 atom stereocenters. The third kappa shape index (κ3) is 2.84. The molecule has 6 nitrogen and oxygen atoms in total. The lowest BCUT2D eigenvalue weighted by Gasteiger charge is -2.11. The second-order valence-electron chi connectivity index (χ2n) is 4.63. The summed E-state index contributed by atoms with van der Waals surface area (Å²) in [5.41, 5.74) is 1.20. The average Bonchev–Trinajstić information content (AvgIpc) is 2.43. The van der Waals surface area contributed by atoms with Crippen LogP contribution in [0.3, 0.4) is 0 Å². The maximum absolute atomic E-state index is 12.3. The maximum atomic E-state index is 12.3. The molecule has 0 heterocycles. The Labute approximate surface area is 121 Å². The molecule has 0 unspecified atom stereocenters. The molecule has 0 aliphatic carbocycles. The van der Waals surface area contributed by atoms with Crippen molar-refractivity contribution in [1.82, 2.24) is 0 Å². The van der Waals surface area contributed by atoms with E-state index < -0.39 is 10.8 Å². The normalized spacial score (nSPS) is 10.2. The Hall–Kier alpha value is -2.89. The summed E-state index contributed by atoms with van der Waals surface area (Å²) in [4.78, 5) is 22.8. The molecular weight excluding hydrogens is 272 g/mol. The van der Waals surface area contributed by atoms with Crippen molar-refractivity contribution >= 4 is 17.3 Å². The molecule has 108 valence electrons. The molecule has 0 aromatic heterocycles. The number of carbonyl (C=O) groups is 1. The molecule has 2 aromatic carbocycles. The third-order valence-corrected chi connectivity index (χ3v) is 3.23. The van der Waals surface area contributed by atoms with E-state index in [1.807, 2.05) is 0 Å². The molecule has 0 spiro atoms. The fourth-order valence-electron chi connectivity index (χ4n) is 2.04. The van der Waals surface area contributed by atoms with Crippen molar-refractivity contribution in [2.75, 3.05) is 5.32 Å². The van der Waals surface area contributed by atoms with E-state index in [1.54, 1.807) is 32.0 Å². The van der Waals surface area contributed by atoms with Gasteiger partial charge in [-0.25, -0.2) is 0 Å². The van der Waals surface area contributed by atoms with Gasteiger partial charge in [0.2, 0.25) is 0 Å². The van der Waals surface area contributed by atoms with Gasteiger partial charge < -0.3 is 10.4 Å². The Morgan fingerprint density at radius 1 is 1.19 bits per heavy atom. The Morgan fingerprint density at radius 3 is 2.52 bits per heavy atom. The number of benzene rings is 2. The first-order valence-electron chi connectivity index (χ1n) is 6.25. The molecule has 0 fully saturated rings. The van der Waals surface area contributed by atoms with Gasteiger partial charge in [0.05, 0.1) is 4.92 Å². The summed E-state index contributed by atoms with van der Waals surface area (Å²) in [6.45, 7) is 3.29. The van der Waals surface area contributed by atoms with Crippen molar-refractivity contribution < 1.29 is 14.8 Å². The first-order chi connectivity index (χ1) is 9.91. The number of phenols is 1. The van der Waals surface area contributed by atoms with Crippen LogP contribution in [0.25, 0.3) is 0 Å². The van der Waals surface area contributed by atoms with Gasteiger partial charge in [-0.05, 0) is 31.5 Å². The van der Waals surface area contributed by atoms with Crippen LogP contribution in [0.5, 0.6) is 5.75 Å². The second kappa shape index (κ2) is 5.62. The number of rotatable bonds is 3. The van der Waals surface area contributed by atoms with E-state index in [-0.39, 0.29) is 17.0 Å². The van der Waals surface area contributed by atoms with Crippen LogP contribution >= 0.6 is 0 Å². The minimum Gasteiger partial charge on any atom is -0.508 e. The van der Waals surface area contributed by atoms with Gasteiger partial charge in [0, 0.05) is 17.3 Å². The van der Waals surface area contributed by atoms with E-state index in [0.29, 0.717) is 16.8 Å².